The van der Waals surface area contributed by atoms with Gasteiger partial charge >= 0.3 is 6.09 Å². The molecule has 0 unspecified atom stereocenters. The maximum Gasteiger partial charge on any atom is 0.407 e. The Morgan fingerprint density at radius 1 is 0.976 bits per heavy atom. The van der Waals surface area contributed by atoms with Crippen molar-refractivity contribution in [3.05, 3.63) is 113 Å². The molecule has 0 aromatic heterocycles. The molecule has 0 saturated carbocycles. The number of aliphatic hydroxyl groups excluding tert-OH is 2. The van der Waals surface area contributed by atoms with Crippen molar-refractivity contribution in [2.75, 3.05) is 0 Å². The van der Waals surface area contributed by atoms with E-state index in [0.717, 1.165) is 22.3 Å². The third kappa shape index (κ3) is 8.77. The lowest BCUT2D eigenvalue weighted by molar-refractivity contribution is -0.126. The topological polar surface area (TPSA) is 108 Å². The van der Waals surface area contributed by atoms with E-state index < -0.39 is 41.9 Å². The second-order valence-corrected chi connectivity index (χ2v) is 11.6. The largest absolute Gasteiger partial charge is 0.444 e. The molecule has 0 radical (unpaired) electrons. The highest BCUT2D eigenvalue weighted by Crippen LogP contribution is 2.32. The van der Waals surface area contributed by atoms with E-state index in [1.807, 2.05) is 91.0 Å². The van der Waals surface area contributed by atoms with Crippen molar-refractivity contribution in [1.82, 2.24) is 10.6 Å². The zero-order valence-corrected chi connectivity index (χ0v) is 23.9. The molecule has 41 heavy (non-hydrogen) atoms. The van der Waals surface area contributed by atoms with Gasteiger partial charge in [-0.05, 0) is 55.9 Å². The Morgan fingerprint density at radius 3 is 2.29 bits per heavy atom. The SMILES string of the molecule is CC(C)(C)OC(=O)N[C@@H](Cc1ccccc1)[C@@H](O)C[C@@H](/C=C/c1ccccc1)C(=O)N[C@H]1c2ccccc2C[C@H]1O. The lowest BCUT2D eigenvalue weighted by Gasteiger charge is -2.29. The Kier molecular flexibility index (Phi) is 9.97. The number of hydrogen-bond donors (Lipinski definition) is 4. The quantitative estimate of drug-likeness (QED) is 0.282. The van der Waals surface area contributed by atoms with Gasteiger partial charge in [0, 0.05) is 6.42 Å². The first-order valence-electron chi connectivity index (χ1n) is 14.1. The number of hydrogen-bond acceptors (Lipinski definition) is 5. The van der Waals surface area contributed by atoms with Crippen molar-refractivity contribution in [2.24, 2.45) is 5.92 Å². The van der Waals surface area contributed by atoms with E-state index in [1.54, 1.807) is 26.8 Å². The van der Waals surface area contributed by atoms with Gasteiger partial charge in [-0.25, -0.2) is 4.79 Å². The van der Waals surface area contributed by atoms with Crippen LogP contribution in [0.5, 0.6) is 0 Å². The minimum Gasteiger partial charge on any atom is -0.444 e. The van der Waals surface area contributed by atoms with Crippen molar-refractivity contribution < 1.29 is 24.5 Å². The minimum absolute atomic E-state index is 0.0485. The van der Waals surface area contributed by atoms with E-state index in [4.69, 9.17) is 4.74 Å². The van der Waals surface area contributed by atoms with Gasteiger partial charge < -0.3 is 25.6 Å². The molecule has 7 heteroatoms. The van der Waals surface area contributed by atoms with Crippen molar-refractivity contribution in [2.45, 2.75) is 69.9 Å². The van der Waals surface area contributed by atoms with Gasteiger partial charge in [-0.1, -0.05) is 97.1 Å². The maximum absolute atomic E-state index is 13.7. The summed E-state index contributed by atoms with van der Waals surface area (Å²) in [5, 5.41) is 28.1. The molecule has 5 atom stereocenters. The molecule has 0 bridgehead atoms. The summed E-state index contributed by atoms with van der Waals surface area (Å²) in [4.78, 5) is 26.4. The third-order valence-electron chi connectivity index (χ3n) is 7.12. The molecule has 3 aromatic rings. The molecular formula is C34H40N2O5. The fourth-order valence-electron chi connectivity index (χ4n) is 5.11. The predicted molar refractivity (Wildman–Crippen MR) is 160 cm³/mol. The van der Waals surface area contributed by atoms with Crippen LogP contribution >= 0.6 is 0 Å². The Balaban J connectivity index is 1.56. The van der Waals surface area contributed by atoms with Gasteiger partial charge in [0.2, 0.25) is 5.91 Å². The van der Waals surface area contributed by atoms with Gasteiger partial charge in [0.15, 0.2) is 0 Å². The van der Waals surface area contributed by atoms with Crippen LogP contribution in [0, 0.1) is 5.92 Å². The van der Waals surface area contributed by atoms with Crippen LogP contribution in [0.3, 0.4) is 0 Å². The Labute approximate surface area is 242 Å². The van der Waals surface area contributed by atoms with Gasteiger partial charge in [0.1, 0.15) is 5.60 Å². The molecule has 0 aliphatic heterocycles. The number of benzene rings is 3. The molecule has 0 spiro atoms. The summed E-state index contributed by atoms with van der Waals surface area (Å²) in [6, 6.07) is 25.6. The first kappa shape index (κ1) is 30.0. The van der Waals surface area contributed by atoms with Crippen molar-refractivity contribution in [1.29, 1.82) is 0 Å². The molecule has 4 N–H and O–H groups in total. The fraction of sp³-hybridized carbons (Fsp3) is 0.353. The smallest absolute Gasteiger partial charge is 0.407 e. The number of nitrogens with one attached hydrogen (secondary N) is 2. The molecule has 1 aliphatic rings. The zero-order chi connectivity index (χ0) is 29.4. The van der Waals surface area contributed by atoms with Gasteiger partial charge in [0.05, 0.1) is 30.2 Å². The van der Waals surface area contributed by atoms with E-state index in [0.29, 0.717) is 12.8 Å². The number of ether oxygens (including phenoxy) is 1. The van der Waals surface area contributed by atoms with E-state index in [9.17, 15) is 19.8 Å². The summed E-state index contributed by atoms with van der Waals surface area (Å²) >= 11 is 0. The van der Waals surface area contributed by atoms with Gasteiger partial charge in [-0.3, -0.25) is 4.79 Å². The molecule has 0 heterocycles. The van der Waals surface area contributed by atoms with Crippen molar-refractivity contribution in [3.63, 3.8) is 0 Å². The monoisotopic (exact) mass is 556 g/mol. The van der Waals surface area contributed by atoms with Crippen LogP contribution < -0.4 is 10.6 Å². The highest BCUT2D eigenvalue weighted by Gasteiger charge is 2.34. The molecule has 3 aromatic carbocycles. The standard InChI is InChI=1S/C34H40N2O5/c1-34(2,3)41-33(40)35-28(20-24-14-8-5-9-15-24)29(37)22-26(19-18-23-12-6-4-7-13-23)32(39)36-31-27-17-11-10-16-25(27)21-30(31)38/h4-19,26,28-31,37-38H,20-22H2,1-3H3,(H,35,40)(H,36,39)/b19-18+/t26-,28+,29+,30-,31+/m1/s1. The lowest BCUT2D eigenvalue weighted by atomic mass is 9.91. The molecule has 0 saturated heterocycles. The average Bonchev–Trinajstić information content (AvgIpc) is 3.25. The molecule has 0 fully saturated rings. The summed E-state index contributed by atoms with van der Waals surface area (Å²) < 4.78 is 5.47. The number of carbonyl (C=O) groups excluding carboxylic acids is 2. The van der Waals surface area contributed by atoms with Crippen LogP contribution in [-0.4, -0.2) is 46.1 Å². The van der Waals surface area contributed by atoms with Gasteiger partial charge in [-0.2, -0.15) is 0 Å². The molecule has 1 aliphatic carbocycles. The Morgan fingerprint density at radius 2 is 1.61 bits per heavy atom. The summed E-state index contributed by atoms with van der Waals surface area (Å²) in [7, 11) is 0. The molecular weight excluding hydrogens is 516 g/mol. The maximum atomic E-state index is 13.7. The van der Waals surface area contributed by atoms with E-state index >= 15 is 0 Å². The Bertz CT molecular complexity index is 1320. The van der Waals surface area contributed by atoms with Crippen LogP contribution in [0.2, 0.25) is 0 Å². The minimum atomic E-state index is -1.07. The van der Waals surface area contributed by atoms with Crippen LogP contribution in [0.25, 0.3) is 6.08 Å². The van der Waals surface area contributed by atoms with Gasteiger partial charge in [0.25, 0.3) is 0 Å². The number of amides is 2. The molecule has 4 rings (SSSR count). The highest BCUT2D eigenvalue weighted by molar-refractivity contribution is 5.82. The summed E-state index contributed by atoms with van der Waals surface area (Å²) in [5.74, 6) is -1.04. The lowest BCUT2D eigenvalue weighted by Crippen LogP contribution is -2.48. The van der Waals surface area contributed by atoms with Crippen LogP contribution in [0.15, 0.2) is 91.0 Å². The summed E-state index contributed by atoms with van der Waals surface area (Å²) in [6.07, 6.45) is 2.05. The summed E-state index contributed by atoms with van der Waals surface area (Å²) in [5.41, 5.74) is 3.04. The first-order valence-corrected chi connectivity index (χ1v) is 14.1. The predicted octanol–water partition coefficient (Wildman–Crippen LogP) is 4.98. The summed E-state index contributed by atoms with van der Waals surface area (Å²) in [6.45, 7) is 5.33. The molecule has 7 nitrogen and oxygen atoms in total. The van der Waals surface area contributed by atoms with Crippen molar-refractivity contribution >= 4 is 18.1 Å². The second-order valence-electron chi connectivity index (χ2n) is 11.6. The second kappa shape index (κ2) is 13.6. The number of aliphatic hydroxyl groups is 2. The van der Waals surface area contributed by atoms with Gasteiger partial charge in [-0.15, -0.1) is 0 Å². The first-order chi connectivity index (χ1) is 19.6. The highest BCUT2D eigenvalue weighted by atomic mass is 16.6. The van der Waals surface area contributed by atoms with Crippen LogP contribution in [0.4, 0.5) is 4.79 Å². The molecule has 216 valence electrons. The zero-order valence-electron chi connectivity index (χ0n) is 23.9. The fourth-order valence-corrected chi connectivity index (χ4v) is 5.11. The van der Waals surface area contributed by atoms with E-state index in [1.165, 1.54) is 0 Å². The van der Waals surface area contributed by atoms with Crippen LogP contribution in [0.1, 0.15) is 55.5 Å². The number of alkyl carbamates (subject to hydrolysis) is 1. The normalized spacial score (nSPS) is 18.8. The van der Waals surface area contributed by atoms with Crippen LogP contribution in [-0.2, 0) is 22.4 Å². The third-order valence-corrected chi connectivity index (χ3v) is 7.12. The number of rotatable bonds is 10. The van der Waals surface area contributed by atoms with Crippen molar-refractivity contribution in [3.8, 4) is 0 Å². The van der Waals surface area contributed by atoms with E-state index in [2.05, 4.69) is 10.6 Å². The number of carbonyl (C=O) groups is 2. The van der Waals surface area contributed by atoms with E-state index in [-0.39, 0.29) is 12.3 Å². The molecule has 2 amide bonds. The Hall–Kier alpha value is -3.94. The number of fused-ring (bicyclic) bond motifs is 1. The average molecular weight is 557 g/mol.